The van der Waals surface area contributed by atoms with Gasteiger partial charge in [0.05, 0.1) is 0 Å². The van der Waals surface area contributed by atoms with E-state index in [1.807, 2.05) is 0 Å². The molecule has 0 saturated carbocycles. The summed E-state index contributed by atoms with van der Waals surface area (Å²) in [5.74, 6) is -1.82. The summed E-state index contributed by atoms with van der Waals surface area (Å²) in [5, 5.41) is 0. The first-order valence-corrected chi connectivity index (χ1v) is 8.06. The van der Waals surface area contributed by atoms with Crippen molar-refractivity contribution in [2.75, 3.05) is 32.7 Å². The number of halogens is 2. The first kappa shape index (κ1) is 15.3. The van der Waals surface area contributed by atoms with Gasteiger partial charge in [-0.05, 0) is 25.1 Å². The van der Waals surface area contributed by atoms with Crippen molar-refractivity contribution in [2.24, 2.45) is 0 Å². The number of benzene rings is 1. The van der Waals surface area contributed by atoms with Crippen molar-refractivity contribution in [1.82, 2.24) is 9.21 Å². The molecule has 1 aromatic carbocycles. The van der Waals surface area contributed by atoms with Gasteiger partial charge in [0.1, 0.15) is 16.5 Å². The minimum atomic E-state index is -3.88. The lowest BCUT2D eigenvalue weighted by Gasteiger charge is -2.33. The van der Waals surface area contributed by atoms with Crippen molar-refractivity contribution >= 4 is 10.0 Å². The maximum atomic E-state index is 13.6. The highest BCUT2D eigenvalue weighted by Crippen LogP contribution is 2.21. The summed E-state index contributed by atoms with van der Waals surface area (Å²) >= 11 is 0. The van der Waals surface area contributed by atoms with Crippen LogP contribution in [0.4, 0.5) is 8.78 Å². The zero-order valence-corrected chi connectivity index (χ0v) is 12.2. The van der Waals surface area contributed by atoms with Gasteiger partial charge in [0.25, 0.3) is 0 Å². The van der Waals surface area contributed by atoms with Crippen LogP contribution in [0.25, 0.3) is 0 Å². The fourth-order valence-electron chi connectivity index (χ4n) is 2.33. The van der Waals surface area contributed by atoms with Crippen molar-refractivity contribution in [3.63, 3.8) is 0 Å². The largest absolute Gasteiger partial charge is 0.301 e. The van der Waals surface area contributed by atoms with E-state index in [1.165, 1.54) is 4.31 Å². The quantitative estimate of drug-likeness (QED) is 0.850. The lowest BCUT2D eigenvalue weighted by Crippen LogP contribution is -2.48. The van der Waals surface area contributed by atoms with E-state index in [4.69, 9.17) is 0 Å². The Hall–Kier alpha value is -1.05. The van der Waals surface area contributed by atoms with E-state index in [0.717, 1.165) is 25.1 Å². The summed E-state index contributed by atoms with van der Waals surface area (Å²) in [6.45, 7) is 4.93. The van der Waals surface area contributed by atoms with Crippen LogP contribution in [0.1, 0.15) is 13.3 Å². The fourth-order valence-corrected chi connectivity index (χ4v) is 3.80. The van der Waals surface area contributed by atoms with Crippen molar-refractivity contribution in [3.05, 3.63) is 29.8 Å². The second-order valence-corrected chi connectivity index (χ2v) is 6.73. The summed E-state index contributed by atoms with van der Waals surface area (Å²) in [5.41, 5.74) is 0. The maximum absolute atomic E-state index is 13.6. The first-order valence-electron chi connectivity index (χ1n) is 6.62. The van der Waals surface area contributed by atoms with Crippen LogP contribution in [-0.2, 0) is 10.0 Å². The van der Waals surface area contributed by atoms with Gasteiger partial charge in [-0.2, -0.15) is 4.31 Å². The number of rotatable bonds is 4. The molecule has 1 aromatic rings. The fraction of sp³-hybridized carbons (Fsp3) is 0.538. The lowest BCUT2D eigenvalue weighted by molar-refractivity contribution is 0.188. The van der Waals surface area contributed by atoms with Crippen LogP contribution in [0.15, 0.2) is 23.1 Å². The number of nitrogens with zero attached hydrogens (tertiary/aromatic N) is 2. The molecule has 112 valence electrons. The van der Waals surface area contributed by atoms with Crippen LogP contribution in [-0.4, -0.2) is 50.3 Å². The molecule has 1 heterocycles. The molecule has 2 rings (SSSR count). The molecule has 0 radical (unpaired) electrons. The van der Waals surface area contributed by atoms with Crippen molar-refractivity contribution in [3.8, 4) is 0 Å². The molecule has 0 amide bonds. The zero-order valence-electron chi connectivity index (χ0n) is 11.3. The standard InChI is InChI=1S/C13H18F2N2O2S/c1-2-5-16-6-8-17(9-7-16)20(18,19)13-4-3-11(14)10-12(13)15/h3-4,10H,2,5-9H2,1H3. The molecule has 1 aliphatic rings. The molecule has 0 bridgehead atoms. The van der Waals surface area contributed by atoms with Gasteiger partial charge in [-0.3, -0.25) is 0 Å². The molecule has 0 N–H and O–H groups in total. The second-order valence-electron chi connectivity index (χ2n) is 4.82. The second kappa shape index (κ2) is 6.15. The Kier molecular flexibility index (Phi) is 4.72. The SMILES string of the molecule is CCCN1CCN(S(=O)(=O)c2ccc(F)cc2F)CC1. The number of piperazine rings is 1. The molecule has 7 heteroatoms. The molecular formula is C13H18F2N2O2S. The van der Waals surface area contributed by atoms with Gasteiger partial charge in [-0.1, -0.05) is 6.92 Å². The third-order valence-electron chi connectivity index (χ3n) is 3.38. The minimum absolute atomic E-state index is 0.332. The first-order chi connectivity index (χ1) is 9.45. The normalized spacial score (nSPS) is 18.4. The lowest BCUT2D eigenvalue weighted by atomic mass is 10.3. The van der Waals surface area contributed by atoms with Gasteiger partial charge in [0, 0.05) is 32.2 Å². The summed E-state index contributed by atoms with van der Waals surface area (Å²) in [6, 6.07) is 2.54. The van der Waals surface area contributed by atoms with Gasteiger partial charge in [0.15, 0.2) is 0 Å². The number of hydrogen-bond acceptors (Lipinski definition) is 3. The molecular weight excluding hydrogens is 286 g/mol. The smallest absolute Gasteiger partial charge is 0.246 e. The predicted molar refractivity (Wildman–Crippen MR) is 71.8 cm³/mol. The minimum Gasteiger partial charge on any atom is -0.301 e. The molecule has 0 unspecified atom stereocenters. The Morgan fingerprint density at radius 3 is 2.35 bits per heavy atom. The van der Waals surface area contributed by atoms with Gasteiger partial charge in [0.2, 0.25) is 10.0 Å². The molecule has 20 heavy (non-hydrogen) atoms. The Labute approximate surface area is 118 Å². The molecule has 0 atom stereocenters. The average Bonchev–Trinajstić information content (AvgIpc) is 2.39. The Morgan fingerprint density at radius 2 is 1.80 bits per heavy atom. The molecule has 4 nitrogen and oxygen atoms in total. The predicted octanol–water partition coefficient (Wildman–Crippen LogP) is 1.68. The summed E-state index contributed by atoms with van der Waals surface area (Å²) < 4.78 is 52.4. The molecule has 0 spiro atoms. The van der Waals surface area contributed by atoms with Crippen molar-refractivity contribution < 1.29 is 17.2 Å². The van der Waals surface area contributed by atoms with E-state index < -0.39 is 26.6 Å². The van der Waals surface area contributed by atoms with Crippen LogP contribution < -0.4 is 0 Å². The molecule has 0 aliphatic carbocycles. The van der Waals surface area contributed by atoms with E-state index in [-0.39, 0.29) is 0 Å². The van der Waals surface area contributed by atoms with Crippen LogP contribution in [0.5, 0.6) is 0 Å². The van der Waals surface area contributed by atoms with Crippen LogP contribution in [0, 0.1) is 11.6 Å². The maximum Gasteiger partial charge on any atom is 0.246 e. The van der Waals surface area contributed by atoms with Crippen molar-refractivity contribution in [1.29, 1.82) is 0 Å². The van der Waals surface area contributed by atoms with E-state index >= 15 is 0 Å². The third kappa shape index (κ3) is 3.16. The van der Waals surface area contributed by atoms with E-state index in [1.54, 1.807) is 0 Å². The van der Waals surface area contributed by atoms with Crippen LogP contribution >= 0.6 is 0 Å². The zero-order chi connectivity index (χ0) is 14.8. The Bertz CT molecular complexity index is 570. The Morgan fingerprint density at radius 1 is 1.15 bits per heavy atom. The monoisotopic (exact) mass is 304 g/mol. The Balaban J connectivity index is 2.15. The molecule has 0 aromatic heterocycles. The highest BCUT2D eigenvalue weighted by atomic mass is 32.2. The topological polar surface area (TPSA) is 40.6 Å². The average molecular weight is 304 g/mol. The highest BCUT2D eigenvalue weighted by molar-refractivity contribution is 7.89. The summed E-state index contributed by atoms with van der Waals surface area (Å²) in [4.78, 5) is 1.72. The number of sulfonamides is 1. The van der Waals surface area contributed by atoms with E-state index in [9.17, 15) is 17.2 Å². The highest BCUT2D eigenvalue weighted by Gasteiger charge is 2.30. The van der Waals surface area contributed by atoms with Crippen LogP contribution in [0.3, 0.4) is 0 Å². The summed E-state index contributed by atoms with van der Waals surface area (Å²) in [6.07, 6.45) is 1.01. The van der Waals surface area contributed by atoms with Crippen LogP contribution in [0.2, 0.25) is 0 Å². The molecule has 1 saturated heterocycles. The summed E-state index contributed by atoms with van der Waals surface area (Å²) in [7, 11) is -3.88. The molecule has 1 fully saturated rings. The van der Waals surface area contributed by atoms with Gasteiger partial charge in [-0.25, -0.2) is 17.2 Å². The third-order valence-corrected chi connectivity index (χ3v) is 5.31. The molecule has 1 aliphatic heterocycles. The van der Waals surface area contributed by atoms with Crippen molar-refractivity contribution in [2.45, 2.75) is 18.2 Å². The van der Waals surface area contributed by atoms with Gasteiger partial charge in [-0.15, -0.1) is 0 Å². The van der Waals surface area contributed by atoms with E-state index in [2.05, 4.69) is 11.8 Å². The van der Waals surface area contributed by atoms with Gasteiger partial charge >= 0.3 is 0 Å². The van der Waals surface area contributed by atoms with Gasteiger partial charge < -0.3 is 4.90 Å². The number of hydrogen-bond donors (Lipinski definition) is 0. The van der Waals surface area contributed by atoms with E-state index in [0.29, 0.717) is 32.2 Å².